The second-order valence-corrected chi connectivity index (χ2v) is 9.16. The lowest BCUT2D eigenvalue weighted by Crippen LogP contribution is -2.55. The van der Waals surface area contributed by atoms with Crippen molar-refractivity contribution in [2.24, 2.45) is 17.3 Å². The van der Waals surface area contributed by atoms with E-state index in [0.717, 1.165) is 6.29 Å². The van der Waals surface area contributed by atoms with Crippen LogP contribution in [-0.2, 0) is 4.79 Å². The van der Waals surface area contributed by atoms with Gasteiger partial charge >= 0.3 is 0 Å². The second-order valence-electron chi connectivity index (χ2n) is 9.16. The summed E-state index contributed by atoms with van der Waals surface area (Å²) in [5.41, 5.74) is -1.62. The Labute approximate surface area is 149 Å². The number of fused-ring (bicyclic) bond motifs is 4. The van der Waals surface area contributed by atoms with E-state index >= 15 is 0 Å². The maximum absolute atomic E-state index is 11.7. The van der Waals surface area contributed by atoms with Gasteiger partial charge in [-0.3, -0.25) is 4.79 Å². The topological polar surface area (TPSA) is 98.0 Å². The number of carbonyl (C=O) groups is 1. The van der Waals surface area contributed by atoms with E-state index in [4.69, 9.17) is 0 Å². The maximum atomic E-state index is 11.7. The molecular weight excluding hydrogens is 320 g/mol. The third-order valence-electron chi connectivity index (χ3n) is 6.54. The Bertz CT molecular complexity index is 616. The molecule has 0 saturated heterocycles. The molecule has 0 aromatic rings. The normalized spacial score (nSPS) is 46.2. The Hall–Kier alpha value is -1.01. The zero-order valence-electron chi connectivity index (χ0n) is 15.3. The van der Waals surface area contributed by atoms with Gasteiger partial charge in [-0.25, -0.2) is 0 Å². The Morgan fingerprint density at radius 1 is 1.24 bits per heavy atom. The fourth-order valence-corrected chi connectivity index (χ4v) is 5.36. The van der Waals surface area contributed by atoms with Gasteiger partial charge in [0, 0.05) is 5.92 Å². The number of hydrogen-bond acceptors (Lipinski definition) is 5. The highest BCUT2D eigenvalue weighted by Gasteiger charge is 2.57. The number of carbonyl (C=O) groups excluding carboxylic acids is 1. The molecule has 5 heteroatoms. The van der Waals surface area contributed by atoms with Gasteiger partial charge in [0.05, 0.1) is 23.4 Å². The lowest BCUT2D eigenvalue weighted by molar-refractivity contribution is -0.146. The molecule has 0 heterocycles. The van der Waals surface area contributed by atoms with Gasteiger partial charge in [0.15, 0.2) is 0 Å². The average Bonchev–Trinajstić information content (AvgIpc) is 2.59. The highest BCUT2D eigenvalue weighted by atomic mass is 16.3. The molecule has 2 fully saturated rings. The van der Waals surface area contributed by atoms with Crippen molar-refractivity contribution in [3.63, 3.8) is 0 Å². The molecule has 3 aliphatic rings. The molecule has 140 valence electrons. The van der Waals surface area contributed by atoms with Crippen LogP contribution in [0.1, 0.15) is 52.9 Å². The molecule has 0 aromatic heterocycles. The van der Waals surface area contributed by atoms with Gasteiger partial charge in [-0.15, -0.1) is 0 Å². The summed E-state index contributed by atoms with van der Waals surface area (Å²) in [5, 5.41) is 43.0. The highest BCUT2D eigenvalue weighted by Crippen LogP contribution is 2.56. The van der Waals surface area contributed by atoms with Crippen LogP contribution in [0.3, 0.4) is 0 Å². The standard InChI is InChI=1S/C20H30O5/c1-18(2,24)9-12-8-13(10-21)14-4-6-19(3)11-20(25,7-5-15(19)22)16(14)17(12)23/h8-10,14-17,22-25H,4-7,11H2,1-3H3/b12-9-/t14-,15-,16+,17?,19+,20-/m1/s1. The summed E-state index contributed by atoms with van der Waals surface area (Å²) in [6.07, 6.45) is 5.29. The SMILES string of the molecule is CC(C)(O)/C=C1/C=C(C=O)[C@H]2CC[C@@]3(C)C[C@](O)(CC[C@H]3O)[C@@H]2C1O. The van der Waals surface area contributed by atoms with Gasteiger partial charge in [0.2, 0.25) is 0 Å². The molecule has 2 bridgehead atoms. The van der Waals surface area contributed by atoms with Crippen LogP contribution in [0.5, 0.6) is 0 Å². The molecule has 0 aliphatic heterocycles. The first kappa shape index (κ1) is 18.8. The minimum Gasteiger partial charge on any atom is -0.393 e. The van der Waals surface area contributed by atoms with Crippen molar-refractivity contribution < 1.29 is 25.2 Å². The van der Waals surface area contributed by atoms with Crippen LogP contribution < -0.4 is 0 Å². The van der Waals surface area contributed by atoms with Crippen molar-refractivity contribution in [1.29, 1.82) is 0 Å². The van der Waals surface area contributed by atoms with Crippen LogP contribution in [0.4, 0.5) is 0 Å². The summed E-state index contributed by atoms with van der Waals surface area (Å²) in [6.45, 7) is 5.22. The minimum atomic E-state index is -1.13. The van der Waals surface area contributed by atoms with Gasteiger partial charge in [-0.2, -0.15) is 0 Å². The molecule has 0 radical (unpaired) electrons. The molecule has 6 atom stereocenters. The van der Waals surface area contributed by atoms with E-state index in [0.29, 0.717) is 43.3 Å². The molecule has 4 N–H and O–H groups in total. The number of aliphatic hydroxyl groups is 4. The predicted molar refractivity (Wildman–Crippen MR) is 93.7 cm³/mol. The van der Waals surface area contributed by atoms with E-state index in [1.54, 1.807) is 26.0 Å². The van der Waals surface area contributed by atoms with Gasteiger partial charge in [-0.05, 0) is 80.6 Å². The summed E-state index contributed by atoms with van der Waals surface area (Å²) in [5.74, 6) is -0.732. The van der Waals surface area contributed by atoms with Crippen LogP contribution in [0, 0.1) is 17.3 Å². The predicted octanol–water partition coefficient (Wildman–Crippen LogP) is 1.49. The molecule has 3 rings (SSSR count). The summed E-state index contributed by atoms with van der Waals surface area (Å²) in [4.78, 5) is 11.7. The van der Waals surface area contributed by atoms with E-state index in [-0.39, 0.29) is 5.92 Å². The Morgan fingerprint density at radius 3 is 2.52 bits per heavy atom. The van der Waals surface area contributed by atoms with Gasteiger partial charge in [0.25, 0.3) is 0 Å². The van der Waals surface area contributed by atoms with Crippen molar-refractivity contribution in [3.8, 4) is 0 Å². The second kappa shape index (κ2) is 6.02. The molecule has 25 heavy (non-hydrogen) atoms. The molecule has 0 spiro atoms. The zero-order chi connectivity index (χ0) is 18.6. The first-order chi connectivity index (χ1) is 11.5. The van der Waals surface area contributed by atoms with Crippen LogP contribution in [0.15, 0.2) is 23.3 Å². The molecular formula is C20H30O5. The molecule has 2 saturated carbocycles. The van der Waals surface area contributed by atoms with Crippen molar-refractivity contribution in [1.82, 2.24) is 0 Å². The minimum absolute atomic E-state index is 0.233. The summed E-state index contributed by atoms with van der Waals surface area (Å²) >= 11 is 0. The smallest absolute Gasteiger partial charge is 0.146 e. The summed E-state index contributed by atoms with van der Waals surface area (Å²) < 4.78 is 0. The first-order valence-corrected chi connectivity index (χ1v) is 9.19. The number of rotatable bonds is 2. The van der Waals surface area contributed by atoms with Crippen molar-refractivity contribution in [3.05, 3.63) is 23.3 Å². The van der Waals surface area contributed by atoms with Crippen LogP contribution >= 0.6 is 0 Å². The first-order valence-electron chi connectivity index (χ1n) is 9.19. The van der Waals surface area contributed by atoms with Crippen LogP contribution in [-0.4, -0.2) is 50.1 Å². The Balaban J connectivity index is 2.10. The van der Waals surface area contributed by atoms with Crippen molar-refractivity contribution in [2.75, 3.05) is 0 Å². The van der Waals surface area contributed by atoms with E-state index < -0.39 is 34.7 Å². The monoisotopic (exact) mass is 350 g/mol. The Morgan fingerprint density at radius 2 is 1.92 bits per heavy atom. The largest absolute Gasteiger partial charge is 0.393 e. The number of aliphatic hydroxyl groups excluding tert-OH is 2. The number of allylic oxidation sites excluding steroid dienone is 1. The fourth-order valence-electron chi connectivity index (χ4n) is 5.36. The third kappa shape index (κ3) is 3.23. The van der Waals surface area contributed by atoms with Gasteiger partial charge < -0.3 is 20.4 Å². The molecule has 3 aliphatic carbocycles. The average molecular weight is 350 g/mol. The van der Waals surface area contributed by atoms with E-state index in [9.17, 15) is 25.2 Å². The number of hydrogen-bond donors (Lipinski definition) is 4. The van der Waals surface area contributed by atoms with E-state index in [1.165, 1.54) is 0 Å². The summed E-state index contributed by atoms with van der Waals surface area (Å²) in [7, 11) is 0. The molecule has 0 aromatic carbocycles. The fraction of sp³-hybridized carbons (Fsp3) is 0.750. The van der Waals surface area contributed by atoms with Crippen LogP contribution in [0.2, 0.25) is 0 Å². The Kier molecular flexibility index (Phi) is 4.52. The number of aldehydes is 1. The quantitative estimate of drug-likeness (QED) is 0.566. The maximum Gasteiger partial charge on any atom is 0.146 e. The van der Waals surface area contributed by atoms with Gasteiger partial charge in [-0.1, -0.05) is 6.92 Å². The zero-order valence-corrected chi connectivity index (χ0v) is 15.3. The van der Waals surface area contributed by atoms with Crippen LogP contribution in [0.25, 0.3) is 0 Å². The van der Waals surface area contributed by atoms with Gasteiger partial charge in [0.1, 0.15) is 6.29 Å². The highest BCUT2D eigenvalue weighted by molar-refractivity contribution is 5.76. The lowest BCUT2D eigenvalue weighted by Gasteiger charge is -2.50. The lowest BCUT2D eigenvalue weighted by atomic mass is 9.60. The van der Waals surface area contributed by atoms with Crippen molar-refractivity contribution >= 4 is 6.29 Å². The third-order valence-corrected chi connectivity index (χ3v) is 6.54. The van der Waals surface area contributed by atoms with E-state index in [1.807, 2.05) is 6.92 Å². The molecule has 0 amide bonds. The van der Waals surface area contributed by atoms with Crippen molar-refractivity contribution in [2.45, 2.75) is 76.3 Å². The summed E-state index contributed by atoms with van der Waals surface area (Å²) in [6, 6.07) is 0. The molecule has 1 unspecified atom stereocenters. The molecule has 5 nitrogen and oxygen atoms in total. The van der Waals surface area contributed by atoms with E-state index in [2.05, 4.69) is 0 Å².